The van der Waals surface area contributed by atoms with E-state index in [2.05, 4.69) is 111 Å². The van der Waals surface area contributed by atoms with Crippen LogP contribution in [0.4, 0.5) is 0 Å². The Bertz CT molecular complexity index is 1250. The van der Waals surface area contributed by atoms with E-state index >= 15 is 0 Å². The lowest BCUT2D eigenvalue weighted by atomic mass is 10.2. The highest BCUT2D eigenvalue weighted by Gasteiger charge is 2.27. The van der Waals surface area contributed by atoms with Crippen molar-refractivity contribution in [1.29, 1.82) is 0 Å². The first-order valence-electron chi connectivity index (χ1n) is 20.5. The van der Waals surface area contributed by atoms with Crippen LogP contribution in [-0.4, -0.2) is 65.7 Å². The highest BCUT2D eigenvalue weighted by Crippen LogP contribution is 2.43. The SMILES string of the molecule is CC/C=C\C/C=C\C/C=C\C/C=C\C/C=C\CCCC(=O)OC(CO)COP(=O)(O)OCC(CO)OC(=O)CCC/C=C\C/C=C\C/C=C\C/C=C\C/C=C\CC. The quantitative estimate of drug-likeness (QED) is 0.0241. The van der Waals surface area contributed by atoms with Gasteiger partial charge in [0.15, 0.2) is 0 Å². The first-order chi connectivity index (χ1) is 27.8. The predicted molar refractivity (Wildman–Crippen MR) is 232 cm³/mol. The van der Waals surface area contributed by atoms with Gasteiger partial charge in [-0.25, -0.2) is 4.57 Å². The number of ether oxygens (including phenoxy) is 2. The second-order valence-corrected chi connectivity index (χ2v) is 14.3. The molecule has 0 aliphatic heterocycles. The third-order valence-corrected chi connectivity index (χ3v) is 8.62. The third kappa shape index (κ3) is 39.0. The summed E-state index contributed by atoms with van der Waals surface area (Å²) in [6.07, 6.45) is 51.9. The molecular formula is C46H71O10P. The normalized spacial score (nSPS) is 15.1. The largest absolute Gasteiger partial charge is 0.472 e. The van der Waals surface area contributed by atoms with Crippen molar-refractivity contribution in [3.05, 3.63) is 122 Å². The van der Waals surface area contributed by atoms with Crippen LogP contribution in [0.2, 0.25) is 0 Å². The molecule has 0 spiro atoms. The number of carbonyl (C=O) groups is 2. The molecule has 3 N–H and O–H groups in total. The number of unbranched alkanes of at least 4 members (excludes halogenated alkanes) is 2. The standard InChI is InChI=1S/C46H71O10P/c1-3-5-7-9-11-13-15-17-19-21-23-25-27-29-31-33-35-37-45(49)55-43(39-47)41-53-57(51,52)54-42-44(40-48)56-46(50)38-36-34-32-30-28-26-24-22-20-18-16-14-12-10-8-6-4-2/h5-8,11-14,17-20,23-26,29-32,43-44,47-48H,3-4,9-10,15-16,21-22,27-28,33-42H2,1-2H3,(H,51,52)/b7-5-,8-6-,13-11-,14-12-,19-17-,20-18-,25-23-,26-24-,31-29-,32-30-. The molecule has 0 aliphatic carbocycles. The molecule has 0 rings (SSSR count). The minimum Gasteiger partial charge on any atom is -0.457 e. The van der Waals surface area contributed by atoms with Crippen molar-refractivity contribution in [2.24, 2.45) is 0 Å². The van der Waals surface area contributed by atoms with Crippen molar-refractivity contribution >= 4 is 19.8 Å². The highest BCUT2D eigenvalue weighted by atomic mass is 31.2. The van der Waals surface area contributed by atoms with Gasteiger partial charge in [-0.15, -0.1) is 0 Å². The summed E-state index contributed by atoms with van der Waals surface area (Å²) in [4.78, 5) is 34.4. The summed E-state index contributed by atoms with van der Waals surface area (Å²) in [6.45, 7) is 1.81. The van der Waals surface area contributed by atoms with Gasteiger partial charge in [-0.05, 0) is 89.9 Å². The lowest BCUT2D eigenvalue weighted by Crippen LogP contribution is -2.28. The van der Waals surface area contributed by atoms with Crippen molar-refractivity contribution in [3.8, 4) is 0 Å². The van der Waals surface area contributed by atoms with Crippen molar-refractivity contribution in [3.63, 3.8) is 0 Å². The Morgan fingerprint density at radius 3 is 1.00 bits per heavy atom. The van der Waals surface area contributed by atoms with Gasteiger partial charge in [0.2, 0.25) is 0 Å². The number of hydrogen-bond acceptors (Lipinski definition) is 9. The topological polar surface area (TPSA) is 149 Å². The molecule has 0 heterocycles. The van der Waals surface area contributed by atoms with E-state index in [0.29, 0.717) is 25.7 Å². The Labute approximate surface area is 343 Å². The first-order valence-corrected chi connectivity index (χ1v) is 22.0. The lowest BCUT2D eigenvalue weighted by molar-refractivity contribution is -0.153. The van der Waals surface area contributed by atoms with Crippen LogP contribution < -0.4 is 0 Å². The molecule has 0 bridgehead atoms. The third-order valence-electron chi connectivity index (χ3n) is 7.67. The van der Waals surface area contributed by atoms with Gasteiger partial charge in [0.1, 0.15) is 12.2 Å². The number of phosphoric ester groups is 1. The number of aliphatic hydroxyl groups excluding tert-OH is 2. The molecule has 0 aromatic rings. The summed E-state index contributed by atoms with van der Waals surface area (Å²) in [5.41, 5.74) is 0. The zero-order chi connectivity index (χ0) is 41.9. The van der Waals surface area contributed by atoms with Crippen LogP contribution in [0.1, 0.15) is 117 Å². The maximum absolute atomic E-state index is 12.3. The molecule has 0 radical (unpaired) electrons. The lowest BCUT2D eigenvalue weighted by Gasteiger charge is -2.20. The maximum Gasteiger partial charge on any atom is 0.472 e. The zero-order valence-electron chi connectivity index (χ0n) is 34.5. The maximum atomic E-state index is 12.3. The average molecular weight is 815 g/mol. The molecule has 0 saturated heterocycles. The molecule has 0 saturated carbocycles. The first kappa shape index (κ1) is 53.4. The summed E-state index contributed by atoms with van der Waals surface area (Å²) in [6, 6.07) is 0. The molecule has 57 heavy (non-hydrogen) atoms. The fraction of sp³-hybridized carbons (Fsp3) is 0.522. The monoisotopic (exact) mass is 814 g/mol. The Balaban J connectivity index is 4.14. The van der Waals surface area contributed by atoms with Crippen LogP contribution in [0, 0.1) is 0 Å². The Hall–Kier alpha value is -3.63. The number of phosphoric acid groups is 1. The Morgan fingerprint density at radius 1 is 0.474 bits per heavy atom. The fourth-order valence-electron chi connectivity index (χ4n) is 4.60. The van der Waals surface area contributed by atoms with Gasteiger partial charge in [0.25, 0.3) is 0 Å². The van der Waals surface area contributed by atoms with Gasteiger partial charge in [0, 0.05) is 12.8 Å². The van der Waals surface area contributed by atoms with E-state index in [9.17, 15) is 29.3 Å². The van der Waals surface area contributed by atoms with E-state index in [4.69, 9.17) is 18.5 Å². The molecule has 2 atom stereocenters. The second-order valence-electron chi connectivity index (χ2n) is 12.8. The minimum absolute atomic E-state index is 0.101. The molecule has 320 valence electrons. The molecular weight excluding hydrogens is 743 g/mol. The summed E-state index contributed by atoms with van der Waals surface area (Å²) in [5.74, 6) is -1.15. The number of rotatable bonds is 36. The highest BCUT2D eigenvalue weighted by molar-refractivity contribution is 7.47. The van der Waals surface area contributed by atoms with Gasteiger partial charge in [0.05, 0.1) is 26.4 Å². The van der Waals surface area contributed by atoms with E-state index < -0.39 is 58.4 Å². The van der Waals surface area contributed by atoms with Crippen LogP contribution in [0.3, 0.4) is 0 Å². The van der Waals surface area contributed by atoms with Gasteiger partial charge >= 0.3 is 19.8 Å². The fourth-order valence-corrected chi connectivity index (χ4v) is 5.38. The van der Waals surface area contributed by atoms with Crippen molar-refractivity contribution in [1.82, 2.24) is 0 Å². The summed E-state index contributed by atoms with van der Waals surface area (Å²) >= 11 is 0. The molecule has 0 aromatic carbocycles. The Morgan fingerprint density at radius 2 is 0.737 bits per heavy atom. The van der Waals surface area contributed by atoms with Gasteiger partial charge in [-0.1, -0.05) is 135 Å². The van der Waals surface area contributed by atoms with Crippen LogP contribution >= 0.6 is 7.82 Å². The Kier molecular flexibility index (Phi) is 38.0. The van der Waals surface area contributed by atoms with E-state index in [-0.39, 0.29) is 12.8 Å². The van der Waals surface area contributed by atoms with Crippen LogP contribution in [0.15, 0.2) is 122 Å². The number of aliphatic hydroxyl groups is 2. The summed E-state index contributed by atoms with van der Waals surface area (Å²) in [7, 11) is -4.68. The number of esters is 2. The van der Waals surface area contributed by atoms with E-state index in [1.54, 1.807) is 0 Å². The number of allylic oxidation sites excluding steroid dienone is 20. The summed E-state index contributed by atoms with van der Waals surface area (Å²) < 4.78 is 32.4. The molecule has 2 unspecified atom stereocenters. The molecule has 0 fully saturated rings. The molecule has 0 aliphatic rings. The van der Waals surface area contributed by atoms with Crippen LogP contribution in [0.25, 0.3) is 0 Å². The van der Waals surface area contributed by atoms with Crippen molar-refractivity contribution < 1.29 is 47.8 Å². The van der Waals surface area contributed by atoms with Gasteiger partial charge in [-0.2, -0.15) is 0 Å². The van der Waals surface area contributed by atoms with Crippen LogP contribution in [0.5, 0.6) is 0 Å². The minimum atomic E-state index is -4.68. The smallest absolute Gasteiger partial charge is 0.457 e. The van der Waals surface area contributed by atoms with E-state index in [1.807, 2.05) is 24.3 Å². The molecule has 11 heteroatoms. The average Bonchev–Trinajstić information content (AvgIpc) is 3.20. The molecule has 0 amide bonds. The number of hydrogen-bond donors (Lipinski definition) is 3. The number of carbonyl (C=O) groups excluding carboxylic acids is 2. The predicted octanol–water partition coefficient (Wildman–Crippen LogP) is 10.8. The van der Waals surface area contributed by atoms with Crippen molar-refractivity contribution in [2.45, 2.75) is 129 Å². The van der Waals surface area contributed by atoms with Gasteiger partial charge in [-0.3, -0.25) is 18.6 Å². The zero-order valence-corrected chi connectivity index (χ0v) is 35.4. The van der Waals surface area contributed by atoms with Gasteiger partial charge < -0.3 is 24.6 Å². The summed E-state index contributed by atoms with van der Waals surface area (Å²) in [5, 5.41) is 19.1. The second kappa shape index (κ2) is 40.6. The van der Waals surface area contributed by atoms with Crippen molar-refractivity contribution in [2.75, 3.05) is 26.4 Å². The molecule has 0 aromatic heterocycles. The van der Waals surface area contributed by atoms with E-state index in [1.165, 1.54) is 0 Å². The molecule has 10 nitrogen and oxygen atoms in total. The van der Waals surface area contributed by atoms with E-state index in [0.717, 1.165) is 64.2 Å². The van der Waals surface area contributed by atoms with Crippen LogP contribution in [-0.2, 0) is 32.7 Å².